The molecule has 2 aromatic carbocycles. The molecule has 13 nitrogen and oxygen atoms in total. The molecule has 3 atom stereocenters. The van der Waals surface area contributed by atoms with Crippen LogP contribution in [-0.4, -0.2) is 83.0 Å². The fourth-order valence-electron chi connectivity index (χ4n) is 6.33. The summed E-state index contributed by atoms with van der Waals surface area (Å²) in [4.78, 5) is 60.1. The van der Waals surface area contributed by atoms with Crippen LogP contribution in [0.15, 0.2) is 88.5 Å². The molecule has 1 aliphatic rings. The first kappa shape index (κ1) is 45.0. The Morgan fingerprint density at radius 2 is 1.61 bits per heavy atom. The van der Waals surface area contributed by atoms with E-state index in [1.165, 1.54) is 18.0 Å². The first-order valence-corrected chi connectivity index (χ1v) is 21.9. The van der Waals surface area contributed by atoms with E-state index in [0.29, 0.717) is 23.8 Å². The number of carboxylic acids is 1. The lowest BCUT2D eigenvalue weighted by Crippen LogP contribution is -2.66. The second-order valence-electron chi connectivity index (χ2n) is 16.5. The van der Waals surface area contributed by atoms with Crippen LogP contribution in [0.2, 0.25) is 5.04 Å². The van der Waals surface area contributed by atoms with Gasteiger partial charge >= 0.3 is 18.0 Å². The van der Waals surface area contributed by atoms with Crippen LogP contribution in [0.5, 0.6) is 0 Å². The largest absolute Gasteiger partial charge is 0.481 e. The number of aliphatic carboxylic acids is 1. The van der Waals surface area contributed by atoms with E-state index in [2.05, 4.69) is 65.6 Å². The summed E-state index contributed by atoms with van der Waals surface area (Å²) in [6.45, 7) is 17.4. The molecular formula is C42H56N4O9SSi. The van der Waals surface area contributed by atoms with Gasteiger partial charge in [-0.2, -0.15) is 0 Å². The molecule has 0 radical (unpaired) electrons. The van der Waals surface area contributed by atoms with Crippen molar-refractivity contribution < 1.29 is 42.6 Å². The summed E-state index contributed by atoms with van der Waals surface area (Å²) >= 11 is 1.31. The molecule has 0 spiro atoms. The molecule has 2 heterocycles. The summed E-state index contributed by atoms with van der Waals surface area (Å²) in [7, 11) is -2.77. The van der Waals surface area contributed by atoms with Gasteiger partial charge in [-0.15, -0.1) is 11.8 Å². The van der Waals surface area contributed by atoms with Crippen molar-refractivity contribution in [2.24, 2.45) is 10.9 Å². The molecular weight excluding hydrogens is 765 g/mol. The maximum Gasteiger partial charge on any atom is 0.408 e. The normalized spacial score (nSPS) is 17.2. The Balaban J connectivity index is 1.40. The molecule has 4 rings (SSSR count). The molecule has 1 aliphatic heterocycles. The molecule has 0 saturated carbocycles. The van der Waals surface area contributed by atoms with E-state index in [1.54, 1.807) is 53.7 Å². The van der Waals surface area contributed by atoms with Gasteiger partial charge in [-0.25, -0.2) is 14.6 Å². The molecule has 308 valence electrons. The number of nitrogens with one attached hydrogen (secondary N) is 2. The third kappa shape index (κ3) is 12.1. The van der Waals surface area contributed by atoms with E-state index in [-0.39, 0.29) is 29.1 Å². The number of carbonyl (C=O) groups excluding carboxylic acids is 3. The van der Waals surface area contributed by atoms with Crippen molar-refractivity contribution >= 4 is 59.4 Å². The van der Waals surface area contributed by atoms with Crippen LogP contribution in [0, 0.1) is 5.92 Å². The number of esters is 1. The van der Waals surface area contributed by atoms with Crippen molar-refractivity contribution in [3.05, 3.63) is 90.7 Å². The Morgan fingerprint density at radius 1 is 1.00 bits per heavy atom. The standard InChI is InChI=1S/C42H56N4O9SSi/c1-28(2)35(45-38(50)42(9)27-56-36(46-42)32-26-52-33(44-32)25-43-39(51)55-40(3,4)5)37(49)54-29(24-34(47)48)18-16-17-23-53-57(41(6,7)8,30-19-12-10-13-20-30)31-21-14-11-15-22-31/h10-16,18-22,26,28-29,35H,17,23-25,27H2,1-9H3,(H,43,51)(H,45,50)(H,47,48)/b18-16+/t29-,35+,42+/m1/s1. The lowest BCUT2D eigenvalue weighted by molar-refractivity contribution is -0.155. The highest BCUT2D eigenvalue weighted by atomic mass is 32.2. The molecule has 1 aromatic heterocycles. The maximum atomic E-state index is 13.7. The van der Waals surface area contributed by atoms with Crippen LogP contribution in [0.3, 0.4) is 0 Å². The van der Waals surface area contributed by atoms with Crippen molar-refractivity contribution in [2.45, 2.75) is 110 Å². The molecule has 0 unspecified atom stereocenters. The maximum absolute atomic E-state index is 13.7. The summed E-state index contributed by atoms with van der Waals surface area (Å²) in [5.74, 6) is -2.27. The molecule has 0 bridgehead atoms. The van der Waals surface area contributed by atoms with Gasteiger partial charge in [-0.1, -0.05) is 101 Å². The van der Waals surface area contributed by atoms with E-state index >= 15 is 0 Å². The van der Waals surface area contributed by atoms with E-state index in [9.17, 15) is 24.3 Å². The van der Waals surface area contributed by atoms with Gasteiger partial charge in [0.25, 0.3) is 8.32 Å². The fourth-order valence-corrected chi connectivity index (χ4v) is 12.0. The van der Waals surface area contributed by atoms with Crippen LogP contribution >= 0.6 is 11.8 Å². The van der Waals surface area contributed by atoms with E-state index in [4.69, 9.17) is 18.3 Å². The summed E-state index contributed by atoms with van der Waals surface area (Å²) in [5.41, 5.74) is -1.50. The average Bonchev–Trinajstić information content (AvgIpc) is 3.77. The molecule has 2 amide bonds. The number of rotatable bonds is 17. The lowest BCUT2D eigenvalue weighted by Gasteiger charge is -2.43. The predicted molar refractivity (Wildman–Crippen MR) is 223 cm³/mol. The molecule has 3 N–H and O–H groups in total. The molecule has 15 heteroatoms. The van der Waals surface area contributed by atoms with Crippen LogP contribution in [-0.2, 0) is 34.8 Å². The second-order valence-corrected chi connectivity index (χ2v) is 21.7. The van der Waals surface area contributed by atoms with E-state index in [0.717, 1.165) is 10.4 Å². The van der Waals surface area contributed by atoms with Gasteiger partial charge in [-0.3, -0.25) is 14.6 Å². The number of nitrogens with zero attached hydrogens (tertiary/aromatic N) is 2. The highest BCUT2D eigenvalue weighted by Crippen LogP contribution is 2.37. The molecule has 0 saturated heterocycles. The monoisotopic (exact) mass is 820 g/mol. The minimum atomic E-state index is -2.77. The number of carboxylic acid groups (broad SMARTS) is 1. The number of carbonyl (C=O) groups is 4. The number of alkyl carbamates (subject to hydrolysis) is 1. The van der Waals surface area contributed by atoms with Crippen LogP contribution in [0.4, 0.5) is 4.79 Å². The van der Waals surface area contributed by atoms with Gasteiger partial charge in [0.05, 0.1) is 13.0 Å². The zero-order valence-electron chi connectivity index (χ0n) is 34.3. The number of thioether (sulfide) groups is 1. The lowest BCUT2D eigenvalue weighted by atomic mass is 10.0. The van der Waals surface area contributed by atoms with E-state index in [1.807, 2.05) is 36.4 Å². The van der Waals surface area contributed by atoms with Crippen molar-refractivity contribution in [3.63, 3.8) is 0 Å². The van der Waals surface area contributed by atoms with Crippen molar-refractivity contribution in [1.29, 1.82) is 0 Å². The molecule has 3 aromatic rings. The molecule has 0 fully saturated rings. The third-order valence-electron chi connectivity index (χ3n) is 9.10. The number of ether oxygens (including phenoxy) is 2. The zero-order chi connectivity index (χ0) is 42.0. The van der Waals surface area contributed by atoms with Gasteiger partial charge < -0.3 is 34.1 Å². The number of benzene rings is 2. The number of oxazole rings is 1. The van der Waals surface area contributed by atoms with Crippen LogP contribution in [0.1, 0.15) is 86.7 Å². The predicted octanol–water partition coefficient (Wildman–Crippen LogP) is 6.00. The Labute approximate surface area is 340 Å². The number of hydrogen-bond acceptors (Lipinski definition) is 11. The minimum Gasteiger partial charge on any atom is -0.481 e. The zero-order valence-corrected chi connectivity index (χ0v) is 36.1. The summed E-state index contributed by atoms with van der Waals surface area (Å²) in [6.07, 6.45) is 3.05. The summed E-state index contributed by atoms with van der Waals surface area (Å²) in [5, 5.41) is 17.6. The van der Waals surface area contributed by atoms with Crippen LogP contribution < -0.4 is 21.0 Å². The highest BCUT2D eigenvalue weighted by molar-refractivity contribution is 8.14. The SMILES string of the molecule is CC(C)[C@H](NC(=O)[C@]1(C)CSC(c2coc(CNC(=O)OC(C)(C)C)n2)=N1)C(=O)O[C@H](/C=C/CCO[Si](c1ccccc1)(c1ccccc1)C(C)(C)C)CC(=O)O. The average molecular weight is 821 g/mol. The van der Waals surface area contributed by atoms with Gasteiger partial charge in [0.2, 0.25) is 11.8 Å². The Bertz CT molecular complexity index is 1870. The minimum absolute atomic E-state index is 0.00337. The van der Waals surface area contributed by atoms with Crippen LogP contribution in [0.25, 0.3) is 0 Å². The van der Waals surface area contributed by atoms with Crippen molar-refractivity contribution in [1.82, 2.24) is 15.6 Å². The summed E-state index contributed by atoms with van der Waals surface area (Å²) in [6, 6.07) is 19.5. The molecule has 57 heavy (non-hydrogen) atoms. The summed E-state index contributed by atoms with van der Waals surface area (Å²) < 4.78 is 23.4. The number of aliphatic imine (C=N–C) groups is 1. The van der Waals surface area contributed by atoms with Gasteiger partial charge in [0.1, 0.15) is 40.3 Å². The first-order valence-electron chi connectivity index (χ1n) is 19.0. The van der Waals surface area contributed by atoms with Crippen molar-refractivity contribution in [2.75, 3.05) is 12.4 Å². The smallest absolute Gasteiger partial charge is 0.408 e. The number of amides is 2. The third-order valence-corrected chi connectivity index (χ3v) is 15.4. The second kappa shape index (κ2) is 19.1. The Hall–Kier alpha value is -4.73. The van der Waals surface area contributed by atoms with Gasteiger partial charge in [0.15, 0.2) is 0 Å². The Kier molecular flexibility index (Phi) is 15.1. The number of hydrogen-bond donors (Lipinski definition) is 3. The Morgan fingerprint density at radius 3 is 2.16 bits per heavy atom. The van der Waals surface area contributed by atoms with Crippen molar-refractivity contribution in [3.8, 4) is 0 Å². The van der Waals surface area contributed by atoms with Gasteiger partial charge in [-0.05, 0) is 61.5 Å². The van der Waals surface area contributed by atoms with Gasteiger partial charge in [0, 0.05) is 12.4 Å². The first-order chi connectivity index (χ1) is 26.7. The quantitative estimate of drug-likeness (QED) is 0.0630. The fraction of sp³-hybridized carbons (Fsp3) is 0.476. The van der Waals surface area contributed by atoms with E-state index < -0.39 is 62.0 Å². The highest BCUT2D eigenvalue weighted by Gasteiger charge is 2.50. The molecule has 0 aliphatic carbocycles. The topological polar surface area (TPSA) is 179 Å². The number of aromatic nitrogens is 1.